The number of rotatable bonds is 6. The Morgan fingerprint density at radius 1 is 0.634 bits per heavy atom. The summed E-state index contributed by atoms with van der Waals surface area (Å²) in [4.78, 5) is 3.53. The quantitative estimate of drug-likeness (QED) is 0.164. The molecule has 0 saturated heterocycles. The topological polar surface area (TPSA) is 27.8 Å². The molecule has 7 rings (SSSR count). The summed E-state index contributed by atoms with van der Waals surface area (Å²) in [6.45, 7) is 6.45. The summed E-state index contributed by atoms with van der Waals surface area (Å²) >= 11 is 0. The summed E-state index contributed by atoms with van der Waals surface area (Å²) in [6, 6.07) is 41.3. The number of fused-ring (bicyclic) bond motifs is 6. The lowest BCUT2D eigenvalue weighted by molar-refractivity contribution is 1.52. The Bertz CT molecular complexity index is 2160. The first-order valence-corrected chi connectivity index (χ1v) is 14.0. The average Bonchev–Trinajstić information content (AvgIpc) is 3.39. The number of H-pyrrole nitrogens is 1. The van der Waals surface area contributed by atoms with Crippen LogP contribution in [0.2, 0.25) is 0 Å². The fourth-order valence-electron chi connectivity index (χ4n) is 5.75. The van der Waals surface area contributed by atoms with Crippen LogP contribution < -0.4 is 5.32 Å². The maximum atomic E-state index is 4.43. The smallest absolute Gasteiger partial charge is 0.0465 e. The summed E-state index contributed by atoms with van der Waals surface area (Å²) in [6.07, 6.45) is 8.16. The van der Waals surface area contributed by atoms with Gasteiger partial charge in [-0.3, -0.25) is 0 Å². The minimum atomic E-state index is 0.951. The van der Waals surface area contributed by atoms with E-state index in [9.17, 15) is 0 Å². The van der Waals surface area contributed by atoms with Gasteiger partial charge >= 0.3 is 0 Å². The monoisotopic (exact) mass is 526 g/mol. The SMILES string of the molecule is C=C(/C=C\C=C/C)c1cc(-c2ccc3[nH]c4ccccc4c3c2)ccc1Nc1ccc2c(ccc3ccccc32)c1. The van der Waals surface area contributed by atoms with E-state index in [2.05, 4.69) is 138 Å². The molecule has 7 aromatic rings. The first kappa shape index (κ1) is 24.7. The number of benzene rings is 6. The highest BCUT2D eigenvalue weighted by Crippen LogP contribution is 2.36. The average molecular weight is 527 g/mol. The minimum absolute atomic E-state index is 0.951. The Morgan fingerprint density at radius 3 is 2.27 bits per heavy atom. The molecule has 0 saturated carbocycles. The van der Waals surface area contributed by atoms with Crippen molar-refractivity contribution in [3.63, 3.8) is 0 Å². The maximum Gasteiger partial charge on any atom is 0.0465 e. The molecule has 2 N–H and O–H groups in total. The molecule has 0 amide bonds. The molecule has 2 heteroatoms. The van der Waals surface area contributed by atoms with Gasteiger partial charge in [0, 0.05) is 38.7 Å². The van der Waals surface area contributed by atoms with Gasteiger partial charge < -0.3 is 10.3 Å². The van der Waals surface area contributed by atoms with Crippen molar-refractivity contribution >= 4 is 60.3 Å². The van der Waals surface area contributed by atoms with Gasteiger partial charge in [0.1, 0.15) is 0 Å². The molecule has 6 aromatic carbocycles. The first-order valence-electron chi connectivity index (χ1n) is 14.0. The number of allylic oxidation sites excluding steroid dienone is 5. The van der Waals surface area contributed by atoms with Gasteiger partial charge in [-0.1, -0.05) is 104 Å². The Balaban J connectivity index is 1.30. The lowest BCUT2D eigenvalue weighted by Gasteiger charge is -2.16. The molecular weight excluding hydrogens is 496 g/mol. The predicted molar refractivity (Wildman–Crippen MR) is 179 cm³/mol. The van der Waals surface area contributed by atoms with E-state index < -0.39 is 0 Å². The molecule has 0 fully saturated rings. The van der Waals surface area contributed by atoms with Gasteiger partial charge in [0.2, 0.25) is 0 Å². The molecule has 0 bridgehead atoms. The van der Waals surface area contributed by atoms with E-state index in [1.807, 2.05) is 25.2 Å². The standard InChI is InChI=1S/C39H30N2/c1-3-4-5-10-26(2)35-24-28(29-18-22-39-36(25-29)34-13-8-9-14-37(34)41-39)17-21-38(35)40-31-19-20-33-30(23-31)16-15-27-11-6-7-12-32(27)33/h3-25,40-41H,2H2,1H3/b4-3-,10-5-. The molecule has 0 aliphatic heterocycles. The van der Waals surface area contributed by atoms with Crippen molar-refractivity contribution in [2.45, 2.75) is 6.92 Å². The largest absolute Gasteiger partial charge is 0.355 e. The van der Waals surface area contributed by atoms with Crippen molar-refractivity contribution < 1.29 is 0 Å². The van der Waals surface area contributed by atoms with Crippen molar-refractivity contribution in [1.29, 1.82) is 0 Å². The van der Waals surface area contributed by atoms with Gasteiger partial charge in [-0.25, -0.2) is 0 Å². The lowest BCUT2D eigenvalue weighted by Crippen LogP contribution is -1.96. The second kappa shape index (κ2) is 10.3. The highest BCUT2D eigenvalue weighted by molar-refractivity contribution is 6.09. The van der Waals surface area contributed by atoms with Crippen molar-refractivity contribution in [1.82, 2.24) is 4.98 Å². The number of hydrogen-bond donors (Lipinski definition) is 2. The van der Waals surface area contributed by atoms with E-state index in [0.29, 0.717) is 0 Å². The lowest BCUT2D eigenvalue weighted by atomic mass is 9.96. The van der Waals surface area contributed by atoms with Crippen LogP contribution in [0.25, 0.3) is 60.1 Å². The molecule has 0 aliphatic carbocycles. The Morgan fingerprint density at radius 2 is 1.37 bits per heavy atom. The molecule has 2 nitrogen and oxygen atoms in total. The van der Waals surface area contributed by atoms with Crippen LogP contribution >= 0.6 is 0 Å². The van der Waals surface area contributed by atoms with Gasteiger partial charge in [0.15, 0.2) is 0 Å². The van der Waals surface area contributed by atoms with Crippen LogP contribution in [0.5, 0.6) is 0 Å². The maximum absolute atomic E-state index is 4.43. The fraction of sp³-hybridized carbons (Fsp3) is 0.0256. The zero-order valence-electron chi connectivity index (χ0n) is 23.0. The third kappa shape index (κ3) is 4.60. The molecule has 0 radical (unpaired) electrons. The molecule has 196 valence electrons. The molecule has 0 spiro atoms. The van der Waals surface area contributed by atoms with Gasteiger partial charge in [-0.2, -0.15) is 0 Å². The van der Waals surface area contributed by atoms with Crippen molar-refractivity contribution in [2.24, 2.45) is 0 Å². The van der Waals surface area contributed by atoms with Crippen molar-refractivity contribution in [3.05, 3.63) is 152 Å². The van der Waals surface area contributed by atoms with Gasteiger partial charge in [-0.05, 0) is 87.6 Å². The van der Waals surface area contributed by atoms with Crippen molar-refractivity contribution in [2.75, 3.05) is 5.32 Å². The Hall–Kier alpha value is -5.34. The van der Waals surface area contributed by atoms with Crippen LogP contribution in [0.4, 0.5) is 11.4 Å². The molecule has 1 aromatic heterocycles. The highest BCUT2D eigenvalue weighted by Gasteiger charge is 2.11. The van der Waals surface area contributed by atoms with Gasteiger partial charge in [0.05, 0.1) is 0 Å². The summed E-state index contributed by atoms with van der Waals surface area (Å²) in [5.74, 6) is 0. The number of para-hydroxylation sites is 1. The minimum Gasteiger partial charge on any atom is -0.355 e. The Kier molecular flexibility index (Phi) is 6.22. The summed E-state index contributed by atoms with van der Waals surface area (Å²) in [5.41, 5.74) is 8.74. The van der Waals surface area contributed by atoms with E-state index in [1.165, 1.54) is 37.9 Å². The molecule has 0 unspecified atom stereocenters. The molecular formula is C39H30N2. The van der Waals surface area contributed by atoms with Gasteiger partial charge in [0.25, 0.3) is 0 Å². The number of hydrogen-bond acceptors (Lipinski definition) is 1. The van der Waals surface area contributed by atoms with Crippen molar-refractivity contribution in [3.8, 4) is 11.1 Å². The van der Waals surface area contributed by atoms with Crippen LogP contribution in [0.1, 0.15) is 12.5 Å². The normalized spacial score (nSPS) is 11.9. The first-order chi connectivity index (χ1) is 20.2. The highest BCUT2D eigenvalue weighted by atomic mass is 14.9. The van der Waals surface area contributed by atoms with Crippen LogP contribution in [0, 0.1) is 0 Å². The number of nitrogens with one attached hydrogen (secondary N) is 2. The molecule has 1 heterocycles. The third-order valence-electron chi connectivity index (χ3n) is 7.83. The van der Waals surface area contributed by atoms with Crippen LogP contribution in [0.3, 0.4) is 0 Å². The summed E-state index contributed by atoms with van der Waals surface area (Å²) < 4.78 is 0. The number of aromatic nitrogens is 1. The zero-order chi connectivity index (χ0) is 27.8. The molecule has 0 atom stereocenters. The van der Waals surface area contributed by atoms with E-state index in [-0.39, 0.29) is 0 Å². The van der Waals surface area contributed by atoms with E-state index in [4.69, 9.17) is 0 Å². The Labute approximate surface area is 240 Å². The third-order valence-corrected chi connectivity index (χ3v) is 7.83. The van der Waals surface area contributed by atoms with E-state index in [1.54, 1.807) is 0 Å². The van der Waals surface area contributed by atoms with Crippen LogP contribution in [-0.2, 0) is 0 Å². The molecule has 41 heavy (non-hydrogen) atoms. The zero-order valence-corrected chi connectivity index (χ0v) is 23.0. The second-order valence-electron chi connectivity index (χ2n) is 10.4. The molecule has 0 aliphatic rings. The fourth-order valence-corrected chi connectivity index (χ4v) is 5.75. The summed E-state index contributed by atoms with van der Waals surface area (Å²) in [5, 5.41) is 11.2. The predicted octanol–water partition coefficient (Wildman–Crippen LogP) is 11.2. The van der Waals surface area contributed by atoms with Crippen LogP contribution in [-0.4, -0.2) is 4.98 Å². The van der Waals surface area contributed by atoms with Gasteiger partial charge in [-0.15, -0.1) is 0 Å². The second-order valence-corrected chi connectivity index (χ2v) is 10.4. The number of anilines is 2. The summed E-state index contributed by atoms with van der Waals surface area (Å²) in [7, 11) is 0. The van der Waals surface area contributed by atoms with Crippen LogP contribution in [0.15, 0.2) is 146 Å². The van der Waals surface area contributed by atoms with E-state index >= 15 is 0 Å². The number of aromatic amines is 1. The van der Waals surface area contributed by atoms with E-state index in [0.717, 1.165) is 39.1 Å².